The highest BCUT2D eigenvalue weighted by atomic mass is 16.5. The minimum absolute atomic E-state index is 0.124. The molecule has 0 radical (unpaired) electrons. The van der Waals surface area contributed by atoms with Gasteiger partial charge >= 0.3 is 11.9 Å². The van der Waals surface area contributed by atoms with Crippen molar-refractivity contribution in [3.63, 3.8) is 0 Å². The van der Waals surface area contributed by atoms with Crippen LogP contribution in [-0.2, 0) is 14.3 Å². The Bertz CT molecular complexity index is 393. The van der Waals surface area contributed by atoms with Gasteiger partial charge in [0.05, 0.1) is 12.3 Å². The first-order chi connectivity index (χ1) is 11.1. The number of aliphatic carboxylic acids is 1. The molecule has 0 saturated carbocycles. The second kappa shape index (κ2) is 15.1. The third-order valence-corrected chi connectivity index (χ3v) is 3.59. The fraction of sp³-hybridized carbons (Fsp3) is 0.684. The quantitative estimate of drug-likeness (QED) is 0.224. The van der Waals surface area contributed by atoms with Crippen LogP contribution in [0, 0.1) is 18.3 Å². The number of carboxylic acids is 1. The van der Waals surface area contributed by atoms with E-state index in [1.807, 2.05) is 6.08 Å². The van der Waals surface area contributed by atoms with Gasteiger partial charge in [-0.2, -0.15) is 0 Å². The number of carbonyl (C=O) groups excluding carboxylic acids is 1. The Labute approximate surface area is 140 Å². The van der Waals surface area contributed by atoms with Crippen molar-refractivity contribution in [2.24, 2.45) is 5.92 Å². The first-order valence-electron chi connectivity index (χ1n) is 8.60. The zero-order chi connectivity index (χ0) is 17.3. The maximum absolute atomic E-state index is 11.7. The van der Waals surface area contributed by atoms with Crippen LogP contribution in [0.4, 0.5) is 0 Å². The third kappa shape index (κ3) is 13.6. The zero-order valence-electron chi connectivity index (χ0n) is 14.3. The van der Waals surface area contributed by atoms with E-state index in [0.29, 0.717) is 0 Å². The summed E-state index contributed by atoms with van der Waals surface area (Å²) in [7, 11) is 0. The number of ether oxygens (including phenoxy) is 1. The summed E-state index contributed by atoms with van der Waals surface area (Å²) in [6.07, 6.45) is 19.1. The number of esters is 1. The first-order valence-corrected chi connectivity index (χ1v) is 8.60. The van der Waals surface area contributed by atoms with Crippen molar-refractivity contribution in [1.82, 2.24) is 0 Å². The summed E-state index contributed by atoms with van der Waals surface area (Å²) in [5.74, 6) is -0.149. The number of hydrogen-bond donors (Lipinski definition) is 1. The normalized spacial score (nSPS) is 12.0. The number of carbonyl (C=O) groups is 2. The zero-order valence-corrected chi connectivity index (χ0v) is 14.3. The van der Waals surface area contributed by atoms with Gasteiger partial charge in [-0.15, -0.1) is 6.42 Å². The van der Waals surface area contributed by atoms with Gasteiger partial charge in [-0.1, -0.05) is 69.9 Å². The molecule has 1 atom stereocenters. The SMILES string of the molecule is C#CCOC(=O)C(C=CCCCCCCCCCC)CC(=O)O. The summed E-state index contributed by atoms with van der Waals surface area (Å²) in [6.45, 7) is 2.09. The van der Waals surface area contributed by atoms with Gasteiger partial charge in [-0.3, -0.25) is 9.59 Å². The molecule has 0 bridgehead atoms. The molecule has 130 valence electrons. The van der Waals surface area contributed by atoms with Crippen molar-refractivity contribution in [3.05, 3.63) is 12.2 Å². The van der Waals surface area contributed by atoms with E-state index in [1.54, 1.807) is 6.08 Å². The maximum atomic E-state index is 11.7. The second-order valence-electron chi connectivity index (χ2n) is 5.71. The molecule has 0 fully saturated rings. The minimum Gasteiger partial charge on any atom is -0.481 e. The van der Waals surface area contributed by atoms with E-state index in [1.165, 1.54) is 44.9 Å². The van der Waals surface area contributed by atoms with Crippen molar-refractivity contribution >= 4 is 11.9 Å². The minimum atomic E-state index is -1.02. The molecule has 0 aliphatic rings. The largest absolute Gasteiger partial charge is 0.481 e. The lowest BCUT2D eigenvalue weighted by Gasteiger charge is -2.08. The number of terminal acetylenes is 1. The molecule has 0 rings (SSSR count). The molecule has 0 aromatic heterocycles. The van der Waals surface area contributed by atoms with Gasteiger partial charge in [0.25, 0.3) is 0 Å². The third-order valence-electron chi connectivity index (χ3n) is 3.59. The summed E-state index contributed by atoms with van der Waals surface area (Å²) in [5.41, 5.74) is 0. The summed E-state index contributed by atoms with van der Waals surface area (Å²) in [6, 6.07) is 0. The van der Waals surface area contributed by atoms with E-state index in [4.69, 9.17) is 16.3 Å². The van der Waals surface area contributed by atoms with Crippen LogP contribution in [0.25, 0.3) is 0 Å². The van der Waals surface area contributed by atoms with Gasteiger partial charge in [0.2, 0.25) is 0 Å². The molecular weight excluding hydrogens is 292 g/mol. The van der Waals surface area contributed by atoms with Crippen LogP contribution in [0.1, 0.15) is 71.1 Å². The van der Waals surface area contributed by atoms with Crippen LogP contribution in [0.15, 0.2) is 12.2 Å². The van der Waals surface area contributed by atoms with Crippen LogP contribution in [0.3, 0.4) is 0 Å². The van der Waals surface area contributed by atoms with E-state index in [9.17, 15) is 9.59 Å². The summed E-state index contributed by atoms with van der Waals surface area (Å²) in [4.78, 5) is 22.5. The molecule has 0 spiro atoms. The Hall–Kier alpha value is -1.76. The maximum Gasteiger partial charge on any atom is 0.314 e. The molecular formula is C19H30O4. The van der Waals surface area contributed by atoms with Crippen molar-refractivity contribution in [1.29, 1.82) is 0 Å². The highest BCUT2D eigenvalue weighted by Crippen LogP contribution is 2.12. The monoisotopic (exact) mass is 322 g/mol. The predicted molar refractivity (Wildman–Crippen MR) is 91.9 cm³/mol. The van der Waals surface area contributed by atoms with E-state index in [0.717, 1.165) is 12.8 Å². The molecule has 0 aliphatic heterocycles. The average Bonchev–Trinajstić information content (AvgIpc) is 2.52. The van der Waals surface area contributed by atoms with Crippen molar-refractivity contribution in [3.8, 4) is 12.3 Å². The Morgan fingerprint density at radius 2 is 1.74 bits per heavy atom. The average molecular weight is 322 g/mol. The number of allylic oxidation sites excluding steroid dienone is 1. The van der Waals surface area contributed by atoms with Crippen molar-refractivity contribution < 1.29 is 19.4 Å². The van der Waals surface area contributed by atoms with Gasteiger partial charge in [-0.05, 0) is 12.8 Å². The number of rotatable bonds is 14. The second-order valence-corrected chi connectivity index (χ2v) is 5.71. The van der Waals surface area contributed by atoms with Gasteiger partial charge in [0.1, 0.15) is 0 Å². The molecule has 1 unspecified atom stereocenters. The van der Waals surface area contributed by atoms with E-state index in [-0.39, 0.29) is 13.0 Å². The van der Waals surface area contributed by atoms with Crippen LogP contribution < -0.4 is 0 Å². The van der Waals surface area contributed by atoms with Crippen LogP contribution >= 0.6 is 0 Å². The number of unbranched alkanes of at least 4 members (excludes halogenated alkanes) is 8. The molecule has 0 aromatic carbocycles. The lowest BCUT2D eigenvalue weighted by atomic mass is 10.0. The van der Waals surface area contributed by atoms with Gasteiger partial charge in [0.15, 0.2) is 6.61 Å². The lowest BCUT2D eigenvalue weighted by Crippen LogP contribution is -2.19. The van der Waals surface area contributed by atoms with Crippen LogP contribution in [0.5, 0.6) is 0 Å². The highest BCUT2D eigenvalue weighted by Gasteiger charge is 2.19. The Morgan fingerprint density at radius 1 is 1.13 bits per heavy atom. The number of hydrogen-bond acceptors (Lipinski definition) is 3. The van der Waals surface area contributed by atoms with Gasteiger partial charge in [0, 0.05) is 0 Å². The van der Waals surface area contributed by atoms with Crippen molar-refractivity contribution in [2.75, 3.05) is 6.61 Å². The molecule has 0 saturated heterocycles. The van der Waals surface area contributed by atoms with Gasteiger partial charge in [-0.25, -0.2) is 0 Å². The van der Waals surface area contributed by atoms with E-state index >= 15 is 0 Å². The summed E-state index contributed by atoms with van der Waals surface area (Å²) in [5, 5.41) is 8.84. The molecule has 4 heteroatoms. The summed E-state index contributed by atoms with van der Waals surface area (Å²) >= 11 is 0. The molecule has 0 heterocycles. The highest BCUT2D eigenvalue weighted by molar-refractivity contribution is 5.80. The Balaban J connectivity index is 3.90. The first kappa shape index (κ1) is 21.2. The fourth-order valence-electron chi connectivity index (χ4n) is 2.29. The van der Waals surface area contributed by atoms with Crippen LogP contribution in [-0.4, -0.2) is 23.7 Å². The Morgan fingerprint density at radius 3 is 2.30 bits per heavy atom. The molecule has 1 N–H and O–H groups in total. The predicted octanol–water partition coefficient (Wildman–Crippen LogP) is 4.34. The smallest absolute Gasteiger partial charge is 0.314 e. The number of carboxylic acid groups (broad SMARTS) is 1. The lowest BCUT2D eigenvalue weighted by molar-refractivity contribution is -0.150. The van der Waals surface area contributed by atoms with Crippen LogP contribution in [0.2, 0.25) is 0 Å². The Kier molecular flexibility index (Phi) is 14.0. The molecule has 4 nitrogen and oxygen atoms in total. The fourth-order valence-corrected chi connectivity index (χ4v) is 2.29. The standard InChI is InChI=1S/C19H30O4/c1-3-5-6-7-8-9-10-11-12-13-14-17(16-18(20)21)19(22)23-15-4-2/h2,13-14,17H,3,5-12,15-16H2,1H3,(H,20,21). The van der Waals surface area contributed by atoms with Gasteiger partial charge < -0.3 is 9.84 Å². The molecule has 23 heavy (non-hydrogen) atoms. The molecule has 0 aromatic rings. The van der Waals surface area contributed by atoms with Crippen molar-refractivity contribution in [2.45, 2.75) is 71.1 Å². The molecule has 0 aliphatic carbocycles. The van der Waals surface area contributed by atoms with E-state index < -0.39 is 17.9 Å². The summed E-state index contributed by atoms with van der Waals surface area (Å²) < 4.78 is 4.81. The van der Waals surface area contributed by atoms with E-state index in [2.05, 4.69) is 12.8 Å². The topological polar surface area (TPSA) is 63.6 Å². The molecule has 0 amide bonds.